The molecule has 0 N–H and O–H groups in total. The Hall–Kier alpha value is -3.99. The van der Waals surface area contributed by atoms with Crippen molar-refractivity contribution in [2.45, 2.75) is 51.7 Å². The molecule has 3 aromatic rings. The Labute approximate surface area is 240 Å². The first-order chi connectivity index (χ1) is 19.7. The van der Waals surface area contributed by atoms with Crippen LogP contribution in [0.2, 0.25) is 0 Å². The molecule has 2 aliphatic rings. The number of benzene rings is 1. The maximum atomic E-state index is 13.0. The van der Waals surface area contributed by atoms with E-state index in [0.717, 1.165) is 36.5 Å². The van der Waals surface area contributed by atoms with Crippen LogP contribution in [0.1, 0.15) is 40.0 Å². The van der Waals surface area contributed by atoms with Crippen molar-refractivity contribution in [3.8, 4) is 34.1 Å². The first-order valence-electron chi connectivity index (χ1n) is 13.9. The van der Waals surface area contributed by atoms with Gasteiger partial charge >= 0.3 is 6.09 Å². The van der Waals surface area contributed by atoms with E-state index in [1.54, 1.807) is 20.3 Å². The van der Waals surface area contributed by atoms with Crippen LogP contribution >= 0.6 is 0 Å². The van der Waals surface area contributed by atoms with Crippen molar-refractivity contribution in [2.75, 3.05) is 45.5 Å². The van der Waals surface area contributed by atoms with Gasteiger partial charge in [-0.2, -0.15) is 0 Å². The van der Waals surface area contributed by atoms with E-state index in [4.69, 9.17) is 18.9 Å². The Morgan fingerprint density at radius 3 is 2.54 bits per heavy atom. The van der Waals surface area contributed by atoms with Gasteiger partial charge in [0.25, 0.3) is 0 Å². The van der Waals surface area contributed by atoms with Crippen LogP contribution in [0.5, 0.6) is 11.6 Å². The molecular formula is C30H38N6O5. The molecule has 1 atom stereocenters. The second-order valence-electron chi connectivity index (χ2n) is 11.4. The number of methoxy groups -OCH3 is 2. The molecule has 2 fully saturated rings. The van der Waals surface area contributed by atoms with Crippen LogP contribution in [0.15, 0.2) is 42.7 Å². The summed E-state index contributed by atoms with van der Waals surface area (Å²) in [6.45, 7) is 8.04. The molecule has 5 rings (SSSR count). The van der Waals surface area contributed by atoms with Crippen LogP contribution < -0.4 is 14.4 Å². The molecule has 1 saturated carbocycles. The fourth-order valence-electron chi connectivity index (χ4n) is 4.86. The maximum Gasteiger partial charge on any atom is 0.410 e. The van der Waals surface area contributed by atoms with E-state index >= 15 is 0 Å². The van der Waals surface area contributed by atoms with Gasteiger partial charge in [0.2, 0.25) is 5.88 Å². The zero-order chi connectivity index (χ0) is 29.0. The highest BCUT2D eigenvalue weighted by Crippen LogP contribution is 2.35. The van der Waals surface area contributed by atoms with E-state index in [1.165, 1.54) is 19.2 Å². The summed E-state index contributed by atoms with van der Waals surface area (Å²) in [5.74, 6) is 2.42. The Morgan fingerprint density at radius 1 is 1.02 bits per heavy atom. The predicted octanol–water partition coefficient (Wildman–Crippen LogP) is 4.82. The first kappa shape index (κ1) is 28.5. The van der Waals surface area contributed by atoms with E-state index in [1.807, 2.05) is 56.0 Å². The summed E-state index contributed by atoms with van der Waals surface area (Å²) in [6, 6.07) is 11.5. The molecule has 41 heavy (non-hydrogen) atoms. The normalized spacial score (nSPS) is 16.9. The molecule has 1 amide bonds. The number of carbonyl (C=O) groups is 1. The van der Waals surface area contributed by atoms with Crippen molar-refractivity contribution in [3.05, 3.63) is 42.7 Å². The monoisotopic (exact) mass is 562 g/mol. The van der Waals surface area contributed by atoms with Crippen LogP contribution in [0.25, 0.3) is 22.5 Å². The van der Waals surface area contributed by atoms with E-state index in [0.29, 0.717) is 35.5 Å². The lowest BCUT2D eigenvalue weighted by molar-refractivity contribution is 0.0167. The average molecular weight is 563 g/mol. The summed E-state index contributed by atoms with van der Waals surface area (Å²) in [4.78, 5) is 25.6. The van der Waals surface area contributed by atoms with E-state index in [9.17, 15) is 4.79 Å². The second kappa shape index (κ2) is 12.3. The van der Waals surface area contributed by atoms with Gasteiger partial charge in [0, 0.05) is 43.9 Å². The van der Waals surface area contributed by atoms with E-state index < -0.39 is 5.60 Å². The predicted molar refractivity (Wildman–Crippen MR) is 154 cm³/mol. The molecule has 11 nitrogen and oxygen atoms in total. The van der Waals surface area contributed by atoms with Gasteiger partial charge < -0.3 is 28.7 Å². The Morgan fingerprint density at radius 2 is 1.85 bits per heavy atom. The molecule has 1 saturated heterocycles. The summed E-state index contributed by atoms with van der Waals surface area (Å²) < 4.78 is 22.0. The van der Waals surface area contributed by atoms with Gasteiger partial charge in [-0.25, -0.2) is 14.8 Å². The van der Waals surface area contributed by atoms with Gasteiger partial charge in [-0.05, 0) is 70.2 Å². The third-order valence-corrected chi connectivity index (χ3v) is 7.10. The maximum absolute atomic E-state index is 13.0. The fraction of sp³-hybridized carbons (Fsp3) is 0.500. The number of ether oxygens (including phenoxy) is 4. The van der Waals surface area contributed by atoms with Gasteiger partial charge in [0.15, 0.2) is 12.6 Å². The average Bonchev–Trinajstić information content (AvgIpc) is 3.67. The number of carbonyl (C=O) groups excluding carboxylic acids is 1. The minimum absolute atomic E-state index is 0.0777. The van der Waals surface area contributed by atoms with Crippen molar-refractivity contribution >= 4 is 11.9 Å². The Bertz CT molecular complexity index is 1340. The topological polar surface area (TPSA) is 112 Å². The zero-order valence-electron chi connectivity index (χ0n) is 24.4. The van der Waals surface area contributed by atoms with Crippen LogP contribution in [0.4, 0.5) is 10.6 Å². The molecule has 218 valence electrons. The number of hydrogen-bond acceptors (Lipinski definition) is 10. The number of aromatic nitrogens is 4. The highest BCUT2D eigenvalue weighted by Gasteiger charge is 2.37. The molecule has 0 radical (unpaired) electrons. The summed E-state index contributed by atoms with van der Waals surface area (Å²) in [6.07, 6.45) is 4.44. The number of hydrogen-bond donors (Lipinski definition) is 0. The van der Waals surface area contributed by atoms with E-state index in [2.05, 4.69) is 25.1 Å². The summed E-state index contributed by atoms with van der Waals surface area (Å²) in [5, 5.41) is 9.09. The largest absolute Gasteiger partial charge is 0.481 e. The SMILES string of the molecule is COCOc1cc(-c2cc(OC)ncn2)ccc1-c1ccc(N2CC[C@H](N(CC3CC3)C(=O)OC(C)(C)C)C2)nn1. The second-order valence-corrected chi connectivity index (χ2v) is 11.4. The molecule has 1 aromatic carbocycles. The third kappa shape index (κ3) is 7.21. The van der Waals surface area contributed by atoms with Gasteiger partial charge in [-0.1, -0.05) is 6.07 Å². The van der Waals surface area contributed by atoms with Crippen LogP contribution in [0.3, 0.4) is 0 Å². The first-order valence-corrected chi connectivity index (χ1v) is 13.9. The van der Waals surface area contributed by atoms with Crippen LogP contribution in [0, 0.1) is 5.92 Å². The smallest absolute Gasteiger partial charge is 0.410 e. The summed E-state index contributed by atoms with van der Waals surface area (Å²) in [5.41, 5.74) is 2.48. The molecule has 0 unspecified atom stereocenters. The summed E-state index contributed by atoms with van der Waals surface area (Å²) in [7, 11) is 3.14. The van der Waals surface area contributed by atoms with Gasteiger partial charge in [0.05, 0.1) is 24.5 Å². The lowest BCUT2D eigenvalue weighted by Gasteiger charge is -2.31. The molecule has 1 aliphatic carbocycles. The molecule has 0 spiro atoms. The highest BCUT2D eigenvalue weighted by atomic mass is 16.7. The standard InChI is InChI=1S/C30H38N6O5/c1-30(2,3)41-29(37)36(16-20-6-7-20)22-12-13-35(17-22)27-11-10-24(33-34-27)23-9-8-21(14-26(23)40-19-38-4)25-15-28(39-5)32-18-31-25/h8-11,14-15,18,20,22H,6-7,12-13,16-17,19H2,1-5H3/t22-/m0/s1. The molecule has 2 aromatic heterocycles. The van der Waals surface area contributed by atoms with Crippen molar-refractivity contribution in [2.24, 2.45) is 5.92 Å². The molecule has 1 aliphatic heterocycles. The molecular weight excluding hydrogens is 524 g/mol. The number of amides is 1. The number of nitrogens with zero attached hydrogens (tertiary/aromatic N) is 6. The van der Waals surface area contributed by atoms with Crippen LogP contribution in [-0.4, -0.2) is 83.4 Å². The van der Waals surface area contributed by atoms with Gasteiger partial charge in [-0.3, -0.25) is 0 Å². The third-order valence-electron chi connectivity index (χ3n) is 7.10. The minimum atomic E-state index is -0.524. The highest BCUT2D eigenvalue weighted by molar-refractivity contribution is 5.74. The lowest BCUT2D eigenvalue weighted by Crippen LogP contribution is -2.45. The molecule has 3 heterocycles. The number of rotatable bonds is 10. The van der Waals surface area contributed by atoms with Crippen molar-refractivity contribution < 1.29 is 23.7 Å². The van der Waals surface area contributed by atoms with E-state index in [-0.39, 0.29) is 18.9 Å². The van der Waals surface area contributed by atoms with Crippen molar-refractivity contribution in [3.63, 3.8) is 0 Å². The Kier molecular flexibility index (Phi) is 8.53. The fourth-order valence-corrected chi connectivity index (χ4v) is 4.86. The zero-order valence-corrected chi connectivity index (χ0v) is 24.4. The number of anilines is 1. The van der Waals surface area contributed by atoms with Crippen LogP contribution in [-0.2, 0) is 9.47 Å². The molecule has 0 bridgehead atoms. The lowest BCUT2D eigenvalue weighted by atomic mass is 10.0. The minimum Gasteiger partial charge on any atom is -0.481 e. The quantitative estimate of drug-likeness (QED) is 0.319. The molecule has 11 heteroatoms. The summed E-state index contributed by atoms with van der Waals surface area (Å²) >= 11 is 0. The van der Waals surface area contributed by atoms with Gasteiger partial charge in [-0.15, -0.1) is 10.2 Å². The van der Waals surface area contributed by atoms with Crippen molar-refractivity contribution in [1.82, 2.24) is 25.1 Å². The van der Waals surface area contributed by atoms with Crippen molar-refractivity contribution in [1.29, 1.82) is 0 Å². The van der Waals surface area contributed by atoms with Gasteiger partial charge in [0.1, 0.15) is 17.7 Å². The Balaban J connectivity index is 1.32.